The fourth-order valence-corrected chi connectivity index (χ4v) is 3.60. The van der Waals surface area contributed by atoms with Crippen LogP contribution in [-0.4, -0.2) is 21.1 Å². The summed E-state index contributed by atoms with van der Waals surface area (Å²) in [6, 6.07) is 18.7. The van der Waals surface area contributed by atoms with Crippen molar-refractivity contribution in [1.82, 2.24) is 19.9 Å². The van der Waals surface area contributed by atoms with Crippen LogP contribution in [0.5, 0.6) is 5.75 Å². The predicted octanol–water partition coefficient (Wildman–Crippen LogP) is 3.65. The van der Waals surface area contributed by atoms with E-state index in [1.165, 1.54) is 11.1 Å². The number of nitrogens with zero attached hydrogens (tertiary/aromatic N) is 3. The Labute approximate surface area is 157 Å². The monoisotopic (exact) mass is 356 g/mol. The van der Waals surface area contributed by atoms with Crippen molar-refractivity contribution in [2.75, 3.05) is 6.61 Å². The van der Waals surface area contributed by atoms with E-state index in [0.29, 0.717) is 0 Å². The standard InChI is InChI=1S/C22H20N4O/c1-2-6-20-19(5-1)25-15-26(20)22-18(4-3-10-24-22)14-23-13-16-7-8-21-17(12-16)9-11-27-21/h1-8,10,12,15,23H,9,11,13-14H2. The summed E-state index contributed by atoms with van der Waals surface area (Å²) >= 11 is 0. The molecule has 5 heteroatoms. The molecule has 5 nitrogen and oxygen atoms in total. The molecule has 134 valence electrons. The molecular weight excluding hydrogens is 336 g/mol. The highest BCUT2D eigenvalue weighted by molar-refractivity contribution is 5.77. The third-order valence-corrected chi connectivity index (χ3v) is 4.95. The lowest BCUT2D eigenvalue weighted by Gasteiger charge is -2.11. The molecule has 27 heavy (non-hydrogen) atoms. The van der Waals surface area contributed by atoms with Crippen LogP contribution >= 0.6 is 0 Å². The maximum absolute atomic E-state index is 5.58. The van der Waals surface area contributed by atoms with E-state index in [1.54, 1.807) is 0 Å². The van der Waals surface area contributed by atoms with E-state index in [-0.39, 0.29) is 0 Å². The Morgan fingerprint density at radius 1 is 1.00 bits per heavy atom. The predicted molar refractivity (Wildman–Crippen MR) is 105 cm³/mol. The van der Waals surface area contributed by atoms with Crippen LogP contribution in [0.2, 0.25) is 0 Å². The molecule has 1 N–H and O–H groups in total. The lowest BCUT2D eigenvalue weighted by Crippen LogP contribution is -2.15. The topological polar surface area (TPSA) is 52.0 Å². The van der Waals surface area contributed by atoms with Gasteiger partial charge in [0, 0.05) is 31.3 Å². The summed E-state index contributed by atoms with van der Waals surface area (Å²) in [6.07, 6.45) is 4.68. The van der Waals surface area contributed by atoms with E-state index in [1.807, 2.05) is 36.8 Å². The van der Waals surface area contributed by atoms with Crippen molar-refractivity contribution in [2.24, 2.45) is 0 Å². The van der Waals surface area contributed by atoms with E-state index < -0.39 is 0 Å². The van der Waals surface area contributed by atoms with Gasteiger partial charge in [-0.15, -0.1) is 0 Å². The second-order valence-corrected chi connectivity index (χ2v) is 6.73. The second-order valence-electron chi connectivity index (χ2n) is 6.73. The number of pyridine rings is 1. The molecule has 0 bridgehead atoms. The first kappa shape index (κ1) is 16.0. The van der Waals surface area contributed by atoms with E-state index in [0.717, 1.165) is 54.3 Å². The molecule has 0 radical (unpaired) electrons. The second kappa shape index (κ2) is 6.85. The van der Waals surface area contributed by atoms with Gasteiger partial charge in [0.25, 0.3) is 0 Å². The average molecular weight is 356 g/mol. The maximum atomic E-state index is 5.58. The number of rotatable bonds is 5. The van der Waals surface area contributed by atoms with E-state index >= 15 is 0 Å². The summed E-state index contributed by atoms with van der Waals surface area (Å²) in [6.45, 7) is 2.35. The fraction of sp³-hybridized carbons (Fsp3) is 0.182. The van der Waals surface area contributed by atoms with Crippen LogP contribution in [-0.2, 0) is 19.5 Å². The first-order chi connectivity index (χ1) is 13.4. The van der Waals surface area contributed by atoms with Gasteiger partial charge < -0.3 is 10.1 Å². The van der Waals surface area contributed by atoms with Crippen molar-refractivity contribution in [3.63, 3.8) is 0 Å². The minimum Gasteiger partial charge on any atom is -0.493 e. The van der Waals surface area contributed by atoms with Crippen molar-refractivity contribution < 1.29 is 4.74 Å². The highest BCUT2D eigenvalue weighted by atomic mass is 16.5. The molecule has 2 aromatic heterocycles. The summed E-state index contributed by atoms with van der Waals surface area (Å²) in [5.74, 6) is 1.95. The number of nitrogens with one attached hydrogen (secondary N) is 1. The Kier molecular flexibility index (Phi) is 4.07. The van der Waals surface area contributed by atoms with Crippen molar-refractivity contribution in [3.05, 3.63) is 83.8 Å². The quantitative estimate of drug-likeness (QED) is 0.593. The number of benzene rings is 2. The molecule has 0 saturated carbocycles. The minimum absolute atomic E-state index is 0.739. The van der Waals surface area contributed by atoms with Crippen molar-refractivity contribution in [1.29, 1.82) is 0 Å². The number of hydrogen-bond acceptors (Lipinski definition) is 4. The minimum atomic E-state index is 0.739. The van der Waals surface area contributed by atoms with Crippen LogP contribution in [0.15, 0.2) is 67.1 Å². The molecule has 0 amide bonds. The van der Waals surface area contributed by atoms with Gasteiger partial charge in [0.15, 0.2) is 0 Å². The lowest BCUT2D eigenvalue weighted by molar-refractivity contribution is 0.357. The number of ether oxygens (including phenoxy) is 1. The molecule has 0 aliphatic carbocycles. The van der Waals surface area contributed by atoms with Crippen molar-refractivity contribution in [3.8, 4) is 11.6 Å². The number of fused-ring (bicyclic) bond motifs is 2. The Balaban J connectivity index is 1.36. The molecule has 1 aliphatic heterocycles. The number of aromatic nitrogens is 3. The van der Waals surface area contributed by atoms with Crippen LogP contribution in [0, 0.1) is 0 Å². The average Bonchev–Trinajstić information content (AvgIpc) is 3.35. The first-order valence-corrected chi connectivity index (χ1v) is 9.20. The molecule has 2 aromatic carbocycles. The van der Waals surface area contributed by atoms with Crippen LogP contribution in [0.4, 0.5) is 0 Å². The smallest absolute Gasteiger partial charge is 0.142 e. The van der Waals surface area contributed by atoms with E-state index in [9.17, 15) is 0 Å². The number of imidazole rings is 1. The van der Waals surface area contributed by atoms with Gasteiger partial charge in [-0.2, -0.15) is 0 Å². The zero-order valence-corrected chi connectivity index (χ0v) is 14.9. The zero-order chi connectivity index (χ0) is 18.1. The maximum Gasteiger partial charge on any atom is 0.142 e. The van der Waals surface area contributed by atoms with E-state index in [2.05, 4.69) is 50.2 Å². The van der Waals surface area contributed by atoms with Crippen LogP contribution in [0.1, 0.15) is 16.7 Å². The van der Waals surface area contributed by atoms with Gasteiger partial charge in [-0.3, -0.25) is 4.57 Å². The summed E-state index contributed by atoms with van der Waals surface area (Å²) in [7, 11) is 0. The first-order valence-electron chi connectivity index (χ1n) is 9.20. The molecule has 4 aromatic rings. The Hall–Kier alpha value is -3.18. The third kappa shape index (κ3) is 3.06. The van der Waals surface area contributed by atoms with Gasteiger partial charge in [-0.25, -0.2) is 9.97 Å². The Morgan fingerprint density at radius 2 is 1.96 bits per heavy atom. The van der Waals surface area contributed by atoms with Gasteiger partial charge >= 0.3 is 0 Å². The molecule has 0 spiro atoms. The Morgan fingerprint density at radius 3 is 2.96 bits per heavy atom. The molecule has 3 heterocycles. The Bertz CT molecular complexity index is 1100. The number of para-hydroxylation sites is 2. The summed E-state index contributed by atoms with van der Waals surface area (Å²) in [4.78, 5) is 9.10. The fourth-order valence-electron chi connectivity index (χ4n) is 3.60. The van der Waals surface area contributed by atoms with Crippen molar-refractivity contribution in [2.45, 2.75) is 19.5 Å². The normalized spacial score (nSPS) is 12.9. The van der Waals surface area contributed by atoms with Gasteiger partial charge in [0.2, 0.25) is 0 Å². The molecule has 0 atom stereocenters. The largest absolute Gasteiger partial charge is 0.493 e. The van der Waals surface area contributed by atoms with Gasteiger partial charge in [-0.1, -0.05) is 30.3 Å². The van der Waals surface area contributed by atoms with Crippen LogP contribution < -0.4 is 10.1 Å². The SMILES string of the molecule is c1cnc(-n2cnc3ccccc32)c(CNCc2ccc3c(c2)CCO3)c1. The molecule has 1 aliphatic rings. The summed E-state index contributed by atoms with van der Waals surface area (Å²) < 4.78 is 7.64. The van der Waals surface area contributed by atoms with E-state index in [4.69, 9.17) is 4.74 Å². The third-order valence-electron chi connectivity index (χ3n) is 4.95. The van der Waals surface area contributed by atoms with Crippen molar-refractivity contribution >= 4 is 11.0 Å². The van der Waals surface area contributed by atoms with Gasteiger partial charge in [0.1, 0.15) is 17.9 Å². The molecule has 0 fully saturated rings. The molecular formula is C22H20N4O. The van der Waals surface area contributed by atoms with Gasteiger partial charge in [-0.05, 0) is 35.4 Å². The van der Waals surface area contributed by atoms with Crippen LogP contribution in [0.25, 0.3) is 16.9 Å². The number of hydrogen-bond donors (Lipinski definition) is 1. The lowest BCUT2D eigenvalue weighted by atomic mass is 10.1. The summed E-state index contributed by atoms with van der Waals surface area (Å²) in [5.41, 5.74) is 5.77. The highest BCUT2D eigenvalue weighted by Gasteiger charge is 2.12. The zero-order valence-electron chi connectivity index (χ0n) is 14.9. The molecule has 0 saturated heterocycles. The summed E-state index contributed by atoms with van der Waals surface area (Å²) in [5, 5.41) is 3.55. The highest BCUT2D eigenvalue weighted by Crippen LogP contribution is 2.26. The van der Waals surface area contributed by atoms with Crippen LogP contribution in [0.3, 0.4) is 0 Å². The molecule has 0 unspecified atom stereocenters. The molecule has 5 rings (SSSR count). The van der Waals surface area contributed by atoms with Gasteiger partial charge in [0.05, 0.1) is 17.6 Å².